The van der Waals surface area contributed by atoms with Gasteiger partial charge >= 0.3 is 0 Å². The molecule has 2 heterocycles. The topological polar surface area (TPSA) is 111 Å². The van der Waals surface area contributed by atoms with Gasteiger partial charge in [0.25, 0.3) is 17.6 Å². The van der Waals surface area contributed by atoms with Crippen LogP contribution in [0.2, 0.25) is 0 Å². The Balaban J connectivity index is 1.49. The van der Waals surface area contributed by atoms with Gasteiger partial charge in [0, 0.05) is 24.5 Å². The van der Waals surface area contributed by atoms with Crippen molar-refractivity contribution < 1.29 is 23.2 Å². The second-order valence-electron chi connectivity index (χ2n) is 8.01. The number of hydrogen-bond acceptors (Lipinski definition) is 5. The number of benzene rings is 1. The van der Waals surface area contributed by atoms with Gasteiger partial charge in [-0.3, -0.25) is 14.4 Å². The molecule has 2 amide bonds. The van der Waals surface area contributed by atoms with Crippen LogP contribution in [0.3, 0.4) is 0 Å². The average Bonchev–Trinajstić information content (AvgIpc) is 3.47. The fourth-order valence-corrected chi connectivity index (χ4v) is 3.67. The molecule has 9 nitrogen and oxygen atoms in total. The average molecular weight is 456 g/mol. The van der Waals surface area contributed by atoms with E-state index >= 15 is 0 Å². The van der Waals surface area contributed by atoms with Crippen molar-refractivity contribution in [2.24, 2.45) is 7.05 Å². The van der Waals surface area contributed by atoms with Crippen molar-refractivity contribution >= 4 is 23.3 Å². The lowest BCUT2D eigenvalue weighted by Crippen LogP contribution is -2.31. The van der Waals surface area contributed by atoms with E-state index in [1.165, 1.54) is 10.6 Å². The van der Waals surface area contributed by atoms with Crippen molar-refractivity contribution in [2.75, 3.05) is 5.32 Å². The van der Waals surface area contributed by atoms with E-state index in [0.717, 1.165) is 25.0 Å². The zero-order valence-corrected chi connectivity index (χ0v) is 18.3. The lowest BCUT2D eigenvalue weighted by molar-refractivity contribution is -0.117. The lowest BCUT2D eigenvalue weighted by Gasteiger charge is -2.08. The summed E-state index contributed by atoms with van der Waals surface area (Å²) in [7, 11) is 1.58. The van der Waals surface area contributed by atoms with Gasteiger partial charge in [0.15, 0.2) is 11.6 Å². The number of ketones is 1. The molecule has 172 valence electrons. The summed E-state index contributed by atoms with van der Waals surface area (Å²) in [5.74, 6) is -4.38. The van der Waals surface area contributed by atoms with E-state index in [1.54, 1.807) is 31.8 Å². The summed E-state index contributed by atoms with van der Waals surface area (Å²) in [6.07, 6.45) is 3.83. The molecule has 0 unspecified atom stereocenters. The first-order valence-electron chi connectivity index (χ1n) is 10.3. The third-order valence-electron chi connectivity index (χ3n) is 5.67. The number of carbonyl (C=O) groups is 3. The molecule has 4 rings (SSSR count). The third kappa shape index (κ3) is 4.38. The van der Waals surface area contributed by atoms with Gasteiger partial charge in [-0.1, -0.05) is 5.21 Å². The maximum atomic E-state index is 13.5. The number of Topliss-reactive ketones (excluding diaryl/α,β-unsaturated/α-hetero) is 1. The molecule has 2 N–H and O–H groups in total. The van der Waals surface area contributed by atoms with E-state index in [4.69, 9.17) is 0 Å². The van der Waals surface area contributed by atoms with Crippen LogP contribution in [0.25, 0.3) is 0 Å². The Labute approximate surface area is 187 Å². The van der Waals surface area contributed by atoms with E-state index in [-0.39, 0.29) is 23.5 Å². The van der Waals surface area contributed by atoms with Crippen molar-refractivity contribution in [1.29, 1.82) is 0 Å². The van der Waals surface area contributed by atoms with Crippen LogP contribution in [0.15, 0.2) is 24.4 Å². The Morgan fingerprint density at radius 1 is 1.15 bits per heavy atom. The summed E-state index contributed by atoms with van der Waals surface area (Å²) in [5.41, 5.74) is 1.55. The SMILES string of the molecule is Cc1c(C(=O)C(=O)NCc2cn(C3CC3)nn2)c(C)n(C)c1C(=O)Nc1ccc(F)c(F)c1. The van der Waals surface area contributed by atoms with E-state index in [0.29, 0.717) is 23.0 Å². The van der Waals surface area contributed by atoms with Crippen LogP contribution in [-0.2, 0) is 18.4 Å². The number of nitrogens with one attached hydrogen (secondary N) is 2. The maximum absolute atomic E-state index is 13.5. The van der Waals surface area contributed by atoms with Gasteiger partial charge in [0.05, 0.1) is 24.3 Å². The summed E-state index contributed by atoms with van der Waals surface area (Å²) >= 11 is 0. The Bertz CT molecular complexity index is 1280. The Kier molecular flexibility index (Phi) is 5.79. The fourth-order valence-electron chi connectivity index (χ4n) is 3.67. The molecule has 1 fully saturated rings. The monoisotopic (exact) mass is 456 g/mol. The molecular weight excluding hydrogens is 434 g/mol. The summed E-state index contributed by atoms with van der Waals surface area (Å²) < 4.78 is 29.8. The molecule has 3 aromatic rings. The number of halogens is 2. The van der Waals surface area contributed by atoms with Crippen LogP contribution in [0.1, 0.15) is 56.7 Å². The predicted octanol–water partition coefficient (Wildman–Crippen LogP) is 2.60. The van der Waals surface area contributed by atoms with E-state index < -0.39 is 29.2 Å². The van der Waals surface area contributed by atoms with Crippen molar-refractivity contribution in [3.63, 3.8) is 0 Å². The number of hydrogen-bond donors (Lipinski definition) is 2. The molecule has 1 saturated carbocycles. The number of carbonyl (C=O) groups excluding carboxylic acids is 3. The van der Waals surface area contributed by atoms with Crippen LogP contribution < -0.4 is 10.6 Å². The quantitative estimate of drug-likeness (QED) is 0.419. The van der Waals surface area contributed by atoms with Crippen LogP contribution >= 0.6 is 0 Å². The van der Waals surface area contributed by atoms with Gasteiger partial charge in [-0.05, 0) is 44.4 Å². The molecule has 0 aliphatic heterocycles. The van der Waals surface area contributed by atoms with Crippen LogP contribution in [0.5, 0.6) is 0 Å². The van der Waals surface area contributed by atoms with E-state index in [9.17, 15) is 23.2 Å². The first kappa shape index (κ1) is 22.3. The second-order valence-corrected chi connectivity index (χ2v) is 8.01. The standard InChI is InChI=1S/C22H22F2N6O3/c1-11-18(20(31)22(33)25-9-14-10-30(28-27-14)15-5-6-15)12(2)29(3)19(11)21(32)26-13-4-7-16(23)17(24)8-13/h4,7-8,10,15H,5-6,9H2,1-3H3,(H,25,33)(H,26,32). The largest absolute Gasteiger partial charge is 0.343 e. The highest BCUT2D eigenvalue weighted by Crippen LogP contribution is 2.33. The number of aromatic nitrogens is 4. The molecule has 1 aliphatic carbocycles. The summed E-state index contributed by atoms with van der Waals surface area (Å²) in [5, 5.41) is 13.0. The molecule has 0 atom stereocenters. The molecule has 1 aliphatic rings. The third-order valence-corrected chi connectivity index (χ3v) is 5.67. The molecule has 1 aromatic carbocycles. The zero-order valence-electron chi connectivity index (χ0n) is 18.3. The predicted molar refractivity (Wildman–Crippen MR) is 114 cm³/mol. The Morgan fingerprint density at radius 2 is 1.88 bits per heavy atom. The van der Waals surface area contributed by atoms with Crippen LogP contribution in [0.4, 0.5) is 14.5 Å². The smallest absolute Gasteiger partial charge is 0.292 e. The highest BCUT2D eigenvalue weighted by Gasteiger charge is 2.29. The minimum absolute atomic E-state index is 0.0473. The van der Waals surface area contributed by atoms with Gasteiger partial charge in [-0.15, -0.1) is 5.10 Å². The summed E-state index contributed by atoms with van der Waals surface area (Å²) in [4.78, 5) is 38.2. The van der Waals surface area contributed by atoms with Crippen LogP contribution in [0, 0.1) is 25.5 Å². The van der Waals surface area contributed by atoms with Crippen molar-refractivity contribution in [3.05, 3.63) is 64.2 Å². The first-order valence-corrected chi connectivity index (χ1v) is 10.3. The van der Waals surface area contributed by atoms with Gasteiger partial charge in [0.2, 0.25) is 0 Å². The highest BCUT2D eigenvalue weighted by atomic mass is 19.2. The Hall–Kier alpha value is -3.89. The molecule has 0 radical (unpaired) electrons. The molecule has 0 bridgehead atoms. The van der Waals surface area contributed by atoms with Crippen molar-refractivity contribution in [1.82, 2.24) is 24.9 Å². The molecule has 0 saturated heterocycles. The van der Waals surface area contributed by atoms with Gasteiger partial charge in [0.1, 0.15) is 11.4 Å². The Morgan fingerprint density at radius 3 is 2.55 bits per heavy atom. The highest BCUT2D eigenvalue weighted by molar-refractivity contribution is 6.43. The van der Waals surface area contributed by atoms with E-state index in [1.807, 2.05) is 0 Å². The zero-order chi connectivity index (χ0) is 23.9. The second kappa shape index (κ2) is 8.57. The molecule has 33 heavy (non-hydrogen) atoms. The van der Waals surface area contributed by atoms with Gasteiger partial charge in [-0.2, -0.15) is 0 Å². The van der Waals surface area contributed by atoms with Gasteiger partial charge < -0.3 is 15.2 Å². The molecule has 0 spiro atoms. The molecule has 11 heteroatoms. The van der Waals surface area contributed by atoms with E-state index in [2.05, 4.69) is 20.9 Å². The molecular formula is C22H22F2N6O3. The number of rotatable bonds is 7. The normalized spacial score (nSPS) is 13.1. The summed E-state index contributed by atoms with van der Waals surface area (Å²) in [6.45, 7) is 3.21. The van der Waals surface area contributed by atoms with Crippen molar-refractivity contribution in [3.8, 4) is 0 Å². The number of amides is 2. The lowest BCUT2D eigenvalue weighted by atomic mass is 10.0. The number of anilines is 1. The molecule has 2 aromatic heterocycles. The maximum Gasteiger partial charge on any atom is 0.292 e. The first-order chi connectivity index (χ1) is 15.7. The minimum atomic E-state index is -1.10. The minimum Gasteiger partial charge on any atom is -0.343 e. The van der Waals surface area contributed by atoms with Gasteiger partial charge in [-0.25, -0.2) is 13.5 Å². The van der Waals surface area contributed by atoms with Crippen molar-refractivity contribution in [2.45, 2.75) is 39.3 Å². The summed E-state index contributed by atoms with van der Waals surface area (Å²) in [6, 6.07) is 3.34. The van der Waals surface area contributed by atoms with Crippen LogP contribution in [-0.4, -0.2) is 37.2 Å². The number of nitrogens with zero attached hydrogens (tertiary/aromatic N) is 4. The fraction of sp³-hybridized carbons (Fsp3) is 0.318.